The number of nitrogens with zero attached hydrogens (tertiary/aromatic N) is 1. The highest BCUT2D eigenvalue weighted by Gasteiger charge is 2.40. The third-order valence-electron chi connectivity index (χ3n) is 5.21. The number of aromatic amines is 1. The van der Waals surface area contributed by atoms with Crippen LogP contribution in [0.5, 0.6) is 0 Å². The Kier molecular flexibility index (Phi) is 4.74. The predicted octanol–water partition coefficient (Wildman–Crippen LogP) is 1.67. The highest BCUT2D eigenvalue weighted by atomic mass is 16.7. The summed E-state index contributed by atoms with van der Waals surface area (Å²) in [5.74, 6) is -0.258. The molecule has 1 aromatic carbocycles. The minimum Gasteiger partial charge on any atom is -0.361 e. The number of carbonyl (C=O) groups is 1. The summed E-state index contributed by atoms with van der Waals surface area (Å²) in [7, 11) is 0. The molecule has 2 aromatic rings. The van der Waals surface area contributed by atoms with Crippen LogP contribution in [-0.2, 0) is 20.7 Å². The van der Waals surface area contributed by atoms with Crippen LogP contribution in [0.1, 0.15) is 18.4 Å². The number of para-hydroxylation sites is 1. The third-order valence-corrected chi connectivity index (χ3v) is 5.21. The van der Waals surface area contributed by atoms with Gasteiger partial charge >= 0.3 is 0 Å². The molecule has 0 unspecified atom stereocenters. The molecular weight excluding hydrogens is 318 g/mol. The van der Waals surface area contributed by atoms with E-state index in [2.05, 4.69) is 34.7 Å². The highest BCUT2D eigenvalue weighted by Crippen LogP contribution is 2.31. The van der Waals surface area contributed by atoms with Crippen molar-refractivity contribution in [3.05, 3.63) is 36.0 Å². The Labute approximate surface area is 147 Å². The van der Waals surface area contributed by atoms with Gasteiger partial charge in [-0.15, -0.1) is 0 Å². The van der Waals surface area contributed by atoms with Gasteiger partial charge in [0.2, 0.25) is 5.91 Å². The quantitative estimate of drug-likeness (QED) is 0.811. The summed E-state index contributed by atoms with van der Waals surface area (Å²) in [6.07, 6.45) is 4.50. The average Bonchev–Trinajstić information content (AvgIpc) is 3.27. The molecule has 1 aromatic heterocycles. The maximum Gasteiger partial charge on any atom is 0.236 e. The molecule has 3 heterocycles. The molecule has 6 nitrogen and oxygen atoms in total. The zero-order valence-corrected chi connectivity index (χ0v) is 14.4. The van der Waals surface area contributed by atoms with Gasteiger partial charge in [-0.05, 0) is 24.6 Å². The lowest BCUT2D eigenvalue weighted by molar-refractivity contribution is -0.187. The van der Waals surface area contributed by atoms with Gasteiger partial charge in [0, 0.05) is 43.0 Å². The lowest BCUT2D eigenvalue weighted by Crippen LogP contribution is -2.49. The summed E-state index contributed by atoms with van der Waals surface area (Å²) in [6, 6.07) is 8.29. The molecule has 2 fully saturated rings. The molecular formula is C19H25N3O3. The van der Waals surface area contributed by atoms with Gasteiger partial charge in [-0.1, -0.05) is 18.2 Å². The minimum atomic E-state index is -0.417. The lowest BCUT2D eigenvalue weighted by Gasteiger charge is -2.37. The van der Waals surface area contributed by atoms with Crippen molar-refractivity contribution in [3.63, 3.8) is 0 Å². The monoisotopic (exact) mass is 343 g/mol. The van der Waals surface area contributed by atoms with Crippen LogP contribution >= 0.6 is 0 Å². The van der Waals surface area contributed by atoms with E-state index in [4.69, 9.17) is 9.47 Å². The number of ether oxygens (including phenoxy) is 2. The largest absolute Gasteiger partial charge is 0.361 e. The van der Waals surface area contributed by atoms with Crippen molar-refractivity contribution in [2.45, 2.75) is 25.0 Å². The summed E-state index contributed by atoms with van der Waals surface area (Å²) in [6.45, 7) is 3.94. The van der Waals surface area contributed by atoms with Gasteiger partial charge in [-0.25, -0.2) is 0 Å². The van der Waals surface area contributed by atoms with Gasteiger partial charge in [-0.2, -0.15) is 0 Å². The van der Waals surface area contributed by atoms with E-state index in [1.54, 1.807) is 0 Å². The fourth-order valence-electron chi connectivity index (χ4n) is 3.75. The standard InChI is InChI=1S/C19H25N3O3/c23-18(22-9-6-19(7-10-22)24-11-12-25-19)14-20-8-5-15-13-21-17-4-2-1-3-16(15)17/h1-4,13,20-21H,5-12,14H2. The average molecular weight is 343 g/mol. The van der Waals surface area contributed by atoms with E-state index in [1.807, 2.05) is 11.0 Å². The summed E-state index contributed by atoms with van der Waals surface area (Å²) < 4.78 is 11.4. The van der Waals surface area contributed by atoms with Crippen LogP contribution in [0.25, 0.3) is 10.9 Å². The number of hydrogen-bond donors (Lipinski definition) is 2. The van der Waals surface area contributed by atoms with E-state index >= 15 is 0 Å². The minimum absolute atomic E-state index is 0.159. The second-order valence-electron chi connectivity index (χ2n) is 6.77. The van der Waals surface area contributed by atoms with Crippen LogP contribution in [-0.4, -0.2) is 61.0 Å². The first-order valence-electron chi connectivity index (χ1n) is 9.07. The topological polar surface area (TPSA) is 66.6 Å². The van der Waals surface area contributed by atoms with Gasteiger partial charge in [0.05, 0.1) is 19.8 Å². The fourth-order valence-corrected chi connectivity index (χ4v) is 3.75. The Morgan fingerprint density at radius 2 is 1.96 bits per heavy atom. The van der Waals surface area contributed by atoms with E-state index in [0.717, 1.165) is 31.3 Å². The maximum atomic E-state index is 12.4. The molecule has 2 aliphatic heterocycles. The van der Waals surface area contributed by atoms with Crippen molar-refractivity contribution < 1.29 is 14.3 Å². The SMILES string of the molecule is O=C(CNCCc1c[nH]c2ccccc12)N1CCC2(CC1)OCCO2. The number of benzene rings is 1. The van der Waals surface area contributed by atoms with E-state index in [1.165, 1.54) is 10.9 Å². The summed E-state index contributed by atoms with van der Waals surface area (Å²) in [5.41, 5.74) is 2.44. The van der Waals surface area contributed by atoms with Crippen molar-refractivity contribution in [2.75, 3.05) is 39.4 Å². The summed E-state index contributed by atoms with van der Waals surface area (Å²) >= 11 is 0. The maximum absolute atomic E-state index is 12.4. The Hall–Kier alpha value is -1.89. The van der Waals surface area contributed by atoms with Crippen LogP contribution in [0, 0.1) is 0 Å². The molecule has 0 atom stereocenters. The van der Waals surface area contributed by atoms with E-state index < -0.39 is 5.79 Å². The summed E-state index contributed by atoms with van der Waals surface area (Å²) in [5, 5.41) is 4.54. The van der Waals surface area contributed by atoms with Crippen LogP contribution in [0.4, 0.5) is 0 Å². The van der Waals surface area contributed by atoms with E-state index in [0.29, 0.717) is 32.8 Å². The number of hydrogen-bond acceptors (Lipinski definition) is 4. The Bertz CT molecular complexity index is 726. The number of carbonyl (C=O) groups excluding carboxylic acids is 1. The summed E-state index contributed by atoms with van der Waals surface area (Å²) in [4.78, 5) is 17.5. The third kappa shape index (κ3) is 3.56. The first kappa shape index (κ1) is 16.6. The molecule has 0 saturated carbocycles. The molecule has 134 valence electrons. The van der Waals surface area contributed by atoms with Crippen LogP contribution in [0.2, 0.25) is 0 Å². The molecule has 0 aliphatic carbocycles. The fraction of sp³-hybridized carbons (Fsp3) is 0.526. The number of fused-ring (bicyclic) bond motifs is 1. The van der Waals surface area contributed by atoms with Gasteiger partial charge in [0.25, 0.3) is 0 Å². The van der Waals surface area contributed by atoms with E-state index in [-0.39, 0.29) is 5.91 Å². The smallest absolute Gasteiger partial charge is 0.236 e. The Balaban J connectivity index is 1.20. The molecule has 0 bridgehead atoms. The number of amides is 1. The van der Waals surface area contributed by atoms with Gasteiger partial charge in [-0.3, -0.25) is 4.79 Å². The molecule has 1 spiro atoms. The Morgan fingerprint density at radius 3 is 2.76 bits per heavy atom. The zero-order valence-electron chi connectivity index (χ0n) is 14.4. The molecule has 6 heteroatoms. The number of H-pyrrole nitrogens is 1. The Morgan fingerprint density at radius 1 is 1.20 bits per heavy atom. The van der Waals surface area contributed by atoms with Crippen LogP contribution in [0.3, 0.4) is 0 Å². The molecule has 2 N–H and O–H groups in total. The molecule has 25 heavy (non-hydrogen) atoms. The first-order valence-corrected chi connectivity index (χ1v) is 9.07. The molecule has 2 saturated heterocycles. The number of aromatic nitrogens is 1. The van der Waals surface area contributed by atoms with Crippen molar-refractivity contribution in [2.24, 2.45) is 0 Å². The molecule has 0 radical (unpaired) electrons. The predicted molar refractivity (Wildman–Crippen MR) is 95.3 cm³/mol. The molecule has 4 rings (SSSR count). The molecule has 1 amide bonds. The number of likely N-dealkylation sites (tertiary alicyclic amines) is 1. The van der Waals surface area contributed by atoms with Crippen LogP contribution in [0.15, 0.2) is 30.5 Å². The van der Waals surface area contributed by atoms with Gasteiger partial charge < -0.3 is 24.7 Å². The second-order valence-corrected chi connectivity index (χ2v) is 6.77. The number of nitrogens with one attached hydrogen (secondary N) is 2. The highest BCUT2D eigenvalue weighted by molar-refractivity contribution is 5.83. The van der Waals surface area contributed by atoms with Crippen molar-refractivity contribution in [3.8, 4) is 0 Å². The van der Waals surface area contributed by atoms with Crippen LogP contribution < -0.4 is 5.32 Å². The van der Waals surface area contributed by atoms with Crippen molar-refractivity contribution >= 4 is 16.8 Å². The number of piperidine rings is 1. The second kappa shape index (κ2) is 7.15. The normalized spacial score (nSPS) is 19.8. The van der Waals surface area contributed by atoms with Gasteiger partial charge in [0.1, 0.15) is 0 Å². The zero-order chi connectivity index (χ0) is 17.1. The molecule has 2 aliphatic rings. The number of rotatable bonds is 5. The van der Waals surface area contributed by atoms with Gasteiger partial charge in [0.15, 0.2) is 5.79 Å². The van der Waals surface area contributed by atoms with Crippen molar-refractivity contribution in [1.29, 1.82) is 0 Å². The van der Waals surface area contributed by atoms with E-state index in [9.17, 15) is 4.79 Å². The lowest BCUT2D eigenvalue weighted by atomic mass is 10.0. The first-order chi connectivity index (χ1) is 12.3. The van der Waals surface area contributed by atoms with Crippen molar-refractivity contribution in [1.82, 2.24) is 15.2 Å².